The molecule has 1 atom stereocenters. The van der Waals surface area contributed by atoms with Gasteiger partial charge in [-0.15, -0.1) is 11.3 Å². The van der Waals surface area contributed by atoms with Crippen molar-refractivity contribution in [1.29, 1.82) is 0 Å². The molecule has 10 heteroatoms. The number of benzene rings is 3. The minimum Gasteiger partial charge on any atom is -0.494 e. The molecule has 0 spiro atoms. The number of esters is 2. The molecule has 1 aromatic heterocycles. The molecule has 0 aliphatic heterocycles. The lowest BCUT2D eigenvalue weighted by atomic mass is 10.1. The zero-order chi connectivity index (χ0) is 37.7. The number of alkyl halides is 1. The Balaban J connectivity index is 1.03. The highest BCUT2D eigenvalue weighted by Gasteiger charge is 2.13. The number of rotatable bonds is 25. The Hall–Kier alpha value is -3.21. The van der Waals surface area contributed by atoms with E-state index in [0.717, 1.165) is 87.8 Å². The number of ether oxygens (including phenoxy) is 4. The van der Waals surface area contributed by atoms with Gasteiger partial charge in [0, 0.05) is 0 Å². The van der Waals surface area contributed by atoms with E-state index >= 15 is 0 Å². The van der Waals surface area contributed by atoms with Crippen molar-refractivity contribution in [3.8, 4) is 28.4 Å². The summed E-state index contributed by atoms with van der Waals surface area (Å²) in [5.74, 6) is 1.18. The van der Waals surface area contributed by atoms with Gasteiger partial charge >= 0.3 is 11.9 Å². The summed E-state index contributed by atoms with van der Waals surface area (Å²) in [6.07, 6.45) is 12.9. The first kappa shape index (κ1) is 42.5. The van der Waals surface area contributed by atoms with E-state index in [1.54, 1.807) is 47.7 Å². The van der Waals surface area contributed by atoms with Crippen molar-refractivity contribution in [2.24, 2.45) is 0 Å². The Kier molecular flexibility index (Phi) is 19.5. The molecule has 0 aliphatic rings. The van der Waals surface area contributed by atoms with E-state index in [-0.39, 0.29) is 12.6 Å². The third-order valence-electron chi connectivity index (χ3n) is 8.78. The first-order valence-corrected chi connectivity index (χ1v) is 21.2. The Morgan fingerprint density at radius 3 is 1.83 bits per heavy atom. The van der Waals surface area contributed by atoms with Gasteiger partial charge in [-0.1, -0.05) is 95.4 Å². The van der Waals surface area contributed by atoms with Crippen molar-refractivity contribution in [3.63, 3.8) is 0 Å². The number of thiophene rings is 1. The fourth-order valence-corrected chi connectivity index (χ4v) is 8.54. The second kappa shape index (κ2) is 24.2. The number of halogens is 3. The van der Waals surface area contributed by atoms with E-state index in [0.29, 0.717) is 43.1 Å². The lowest BCUT2D eigenvalue weighted by Gasteiger charge is -2.11. The van der Waals surface area contributed by atoms with Crippen LogP contribution < -0.4 is 14.2 Å². The van der Waals surface area contributed by atoms with Crippen LogP contribution in [0, 0.1) is 0 Å². The minimum absolute atomic E-state index is 0.0134. The van der Waals surface area contributed by atoms with Crippen molar-refractivity contribution in [2.45, 2.75) is 103 Å². The Morgan fingerprint density at radius 1 is 0.679 bits per heavy atom. The zero-order valence-electron chi connectivity index (χ0n) is 30.6. The summed E-state index contributed by atoms with van der Waals surface area (Å²) < 4.78 is 38.5. The molecular weight excluding hydrogens is 823 g/mol. The highest BCUT2D eigenvalue weighted by molar-refractivity contribution is 9.12. The highest BCUT2D eigenvalue weighted by Crippen LogP contribution is 2.32. The van der Waals surface area contributed by atoms with Crippen LogP contribution in [0.3, 0.4) is 0 Å². The van der Waals surface area contributed by atoms with Crippen LogP contribution in [0.1, 0.15) is 106 Å². The average molecular weight is 875 g/mol. The summed E-state index contributed by atoms with van der Waals surface area (Å²) in [5, 5.41) is 0. The molecule has 0 saturated carbocycles. The molecule has 4 rings (SSSR count). The lowest BCUT2D eigenvalue weighted by molar-refractivity contribution is -0.142. The summed E-state index contributed by atoms with van der Waals surface area (Å²) in [6, 6.07) is 24.0. The standard InChI is InChI=1S/C43H51Br2FO6S/c1-2-3-4-11-14-36(46)31-51-38-23-19-34(20-24-38)43(48)52-39-25-17-33(18-26-39)32-15-21-37(22-16-32)49-27-12-9-7-5-6-8-10-13-28-50-41(47)30-35-29-40(44)53-42(35)45/h15-26,29,36H,2-14,27-28,30-31H2,1H3. The lowest BCUT2D eigenvalue weighted by Crippen LogP contribution is -2.13. The van der Waals surface area contributed by atoms with Crippen LogP contribution in [0.25, 0.3) is 11.1 Å². The fraction of sp³-hybridized carbons (Fsp3) is 0.442. The van der Waals surface area contributed by atoms with Crippen molar-refractivity contribution in [2.75, 3.05) is 19.8 Å². The molecule has 286 valence electrons. The predicted molar refractivity (Wildman–Crippen MR) is 219 cm³/mol. The van der Waals surface area contributed by atoms with Gasteiger partial charge < -0.3 is 18.9 Å². The van der Waals surface area contributed by atoms with Gasteiger partial charge in [0.25, 0.3) is 0 Å². The van der Waals surface area contributed by atoms with Gasteiger partial charge in [0.2, 0.25) is 0 Å². The predicted octanol–water partition coefficient (Wildman–Crippen LogP) is 13.1. The largest absolute Gasteiger partial charge is 0.494 e. The van der Waals surface area contributed by atoms with Gasteiger partial charge in [0.1, 0.15) is 30.0 Å². The van der Waals surface area contributed by atoms with Gasteiger partial charge in [-0.05, 0) is 122 Å². The quantitative estimate of drug-likeness (QED) is 0.0375. The normalized spacial score (nSPS) is 11.6. The van der Waals surface area contributed by atoms with Gasteiger partial charge in [-0.25, -0.2) is 9.18 Å². The molecule has 1 heterocycles. The molecule has 0 radical (unpaired) electrons. The molecule has 0 bridgehead atoms. The molecule has 3 aromatic carbocycles. The number of carbonyl (C=O) groups is 2. The van der Waals surface area contributed by atoms with Crippen molar-refractivity contribution in [1.82, 2.24) is 0 Å². The maximum Gasteiger partial charge on any atom is 0.343 e. The third-order valence-corrected chi connectivity index (χ3v) is 11.2. The van der Waals surface area contributed by atoms with E-state index in [1.807, 2.05) is 42.5 Å². The van der Waals surface area contributed by atoms with Crippen molar-refractivity contribution < 1.29 is 32.9 Å². The van der Waals surface area contributed by atoms with Crippen LogP contribution in [0.2, 0.25) is 0 Å². The third kappa shape index (κ3) is 16.4. The van der Waals surface area contributed by atoms with Crippen molar-refractivity contribution >= 4 is 55.1 Å². The van der Waals surface area contributed by atoms with Crippen LogP contribution in [0.4, 0.5) is 4.39 Å². The Labute approximate surface area is 335 Å². The van der Waals surface area contributed by atoms with Gasteiger partial charge in [-0.3, -0.25) is 4.79 Å². The summed E-state index contributed by atoms with van der Waals surface area (Å²) in [4.78, 5) is 24.7. The van der Waals surface area contributed by atoms with E-state index in [9.17, 15) is 14.0 Å². The van der Waals surface area contributed by atoms with E-state index in [4.69, 9.17) is 18.9 Å². The number of hydrogen-bond acceptors (Lipinski definition) is 7. The van der Waals surface area contributed by atoms with Crippen LogP contribution in [0.5, 0.6) is 17.2 Å². The van der Waals surface area contributed by atoms with Gasteiger partial charge in [0.05, 0.1) is 32.8 Å². The minimum atomic E-state index is -0.994. The van der Waals surface area contributed by atoms with Crippen LogP contribution >= 0.6 is 43.2 Å². The SMILES string of the molecule is CCCCCCC(F)COc1ccc(C(=O)Oc2ccc(-c3ccc(OCCCCCCCCCCOC(=O)Cc4cc(Br)sc4Br)cc3)cc2)cc1. The molecule has 4 aromatic rings. The fourth-order valence-electron chi connectivity index (χ4n) is 5.72. The maximum absolute atomic E-state index is 14.1. The number of unbranched alkanes of at least 4 members (excludes halogenated alkanes) is 10. The van der Waals surface area contributed by atoms with Crippen molar-refractivity contribution in [3.05, 3.63) is 97.6 Å². The maximum atomic E-state index is 14.1. The van der Waals surface area contributed by atoms with E-state index in [1.165, 1.54) is 19.3 Å². The summed E-state index contributed by atoms with van der Waals surface area (Å²) in [6.45, 7) is 3.33. The Bertz CT molecular complexity index is 1640. The summed E-state index contributed by atoms with van der Waals surface area (Å²) in [5.41, 5.74) is 3.40. The molecule has 0 amide bonds. The molecule has 53 heavy (non-hydrogen) atoms. The number of hydrogen-bond donors (Lipinski definition) is 0. The topological polar surface area (TPSA) is 71.1 Å². The summed E-state index contributed by atoms with van der Waals surface area (Å²) in [7, 11) is 0. The molecular formula is C43H51Br2FO6S. The van der Waals surface area contributed by atoms with Crippen LogP contribution in [0.15, 0.2) is 86.4 Å². The molecule has 0 fully saturated rings. The molecule has 1 unspecified atom stereocenters. The van der Waals surface area contributed by atoms with Crippen LogP contribution in [-0.4, -0.2) is 37.9 Å². The second-order valence-corrected chi connectivity index (χ2v) is 16.9. The van der Waals surface area contributed by atoms with E-state index in [2.05, 4.69) is 38.8 Å². The first-order chi connectivity index (χ1) is 25.8. The second-order valence-electron chi connectivity index (χ2n) is 13.1. The molecule has 0 aliphatic carbocycles. The Morgan fingerprint density at radius 2 is 1.23 bits per heavy atom. The smallest absolute Gasteiger partial charge is 0.343 e. The van der Waals surface area contributed by atoms with Crippen LogP contribution in [-0.2, 0) is 16.0 Å². The summed E-state index contributed by atoms with van der Waals surface area (Å²) >= 11 is 8.48. The first-order valence-electron chi connectivity index (χ1n) is 18.8. The highest BCUT2D eigenvalue weighted by atomic mass is 79.9. The molecule has 6 nitrogen and oxygen atoms in total. The van der Waals surface area contributed by atoms with Gasteiger partial charge in [0.15, 0.2) is 0 Å². The number of carbonyl (C=O) groups excluding carboxylic acids is 2. The average Bonchev–Trinajstić information content (AvgIpc) is 3.48. The molecule has 0 N–H and O–H groups in total. The zero-order valence-corrected chi connectivity index (χ0v) is 34.6. The monoisotopic (exact) mass is 872 g/mol. The van der Waals surface area contributed by atoms with Gasteiger partial charge in [-0.2, -0.15) is 0 Å². The molecule has 0 saturated heterocycles. The van der Waals surface area contributed by atoms with E-state index < -0.39 is 12.1 Å².